The third-order valence-electron chi connectivity index (χ3n) is 5.19. The minimum Gasteiger partial charge on any atom is -0.408 e. The molecule has 4 rings (SSSR count). The maximum Gasteiger partial charge on any atom is 0.420 e. The van der Waals surface area contributed by atoms with E-state index in [1.165, 1.54) is 4.57 Å². The Bertz CT molecular complexity index is 1280. The lowest BCUT2D eigenvalue weighted by molar-refractivity contribution is -0.118. The van der Waals surface area contributed by atoms with Gasteiger partial charge in [0.1, 0.15) is 6.04 Å². The van der Waals surface area contributed by atoms with E-state index in [9.17, 15) is 9.59 Å². The number of halogens is 1. The number of benzene rings is 3. The third-order valence-corrected chi connectivity index (χ3v) is 5.51. The molecule has 0 bridgehead atoms. The van der Waals surface area contributed by atoms with Gasteiger partial charge in [-0.1, -0.05) is 54.1 Å². The lowest BCUT2D eigenvalue weighted by Gasteiger charge is -2.18. The van der Waals surface area contributed by atoms with Crippen LogP contribution in [0.3, 0.4) is 0 Å². The molecule has 2 N–H and O–H groups in total. The number of amides is 1. The predicted molar refractivity (Wildman–Crippen MR) is 124 cm³/mol. The summed E-state index contributed by atoms with van der Waals surface area (Å²) in [4.78, 5) is 25.0. The molecule has 0 spiro atoms. The number of oxazole rings is 1. The number of para-hydroxylation sites is 2. The molecule has 0 saturated carbocycles. The van der Waals surface area contributed by atoms with Crippen LogP contribution in [0.15, 0.2) is 82.0 Å². The van der Waals surface area contributed by atoms with Crippen molar-refractivity contribution >= 4 is 40.0 Å². The zero-order chi connectivity index (χ0) is 22.0. The topological polar surface area (TPSA) is 76.3 Å². The van der Waals surface area contributed by atoms with E-state index in [1.807, 2.05) is 36.4 Å². The van der Waals surface area contributed by atoms with Crippen LogP contribution >= 0.6 is 11.6 Å². The lowest BCUT2D eigenvalue weighted by Crippen LogP contribution is -2.29. The van der Waals surface area contributed by atoms with Gasteiger partial charge in [-0.3, -0.25) is 9.36 Å². The summed E-state index contributed by atoms with van der Waals surface area (Å²) in [5.74, 6) is -0.917. The highest BCUT2D eigenvalue weighted by Crippen LogP contribution is 2.29. The van der Waals surface area contributed by atoms with Gasteiger partial charge in [-0.15, -0.1) is 0 Å². The van der Waals surface area contributed by atoms with Gasteiger partial charge < -0.3 is 15.1 Å². The quantitative estimate of drug-likeness (QED) is 0.412. The van der Waals surface area contributed by atoms with Crippen LogP contribution < -0.4 is 16.4 Å². The zero-order valence-electron chi connectivity index (χ0n) is 17.1. The first-order valence-corrected chi connectivity index (χ1v) is 10.3. The molecule has 0 radical (unpaired) electrons. The molecule has 7 heteroatoms. The van der Waals surface area contributed by atoms with E-state index < -0.39 is 11.8 Å². The molecule has 2 atom stereocenters. The average molecular weight is 436 g/mol. The van der Waals surface area contributed by atoms with Gasteiger partial charge in [-0.25, -0.2) is 4.79 Å². The monoisotopic (exact) mass is 435 g/mol. The molecule has 0 fully saturated rings. The van der Waals surface area contributed by atoms with Crippen LogP contribution in [0.5, 0.6) is 0 Å². The number of hydrogen-bond donors (Lipinski definition) is 2. The molecule has 0 aliphatic carbocycles. The Morgan fingerprint density at radius 1 is 1.00 bits per heavy atom. The highest BCUT2D eigenvalue weighted by molar-refractivity contribution is 6.33. The van der Waals surface area contributed by atoms with E-state index in [0.717, 1.165) is 11.3 Å². The number of carbonyl (C=O) groups excluding carboxylic acids is 1. The van der Waals surface area contributed by atoms with Gasteiger partial charge in [0.2, 0.25) is 5.91 Å². The minimum atomic E-state index is -0.758. The molecule has 31 heavy (non-hydrogen) atoms. The minimum absolute atomic E-state index is 0.0698. The fourth-order valence-electron chi connectivity index (χ4n) is 3.48. The number of fused-ring (bicyclic) bond motifs is 1. The smallest absolute Gasteiger partial charge is 0.408 e. The molecule has 3 aromatic carbocycles. The molecule has 0 saturated heterocycles. The largest absolute Gasteiger partial charge is 0.420 e. The molecule has 2 unspecified atom stereocenters. The van der Waals surface area contributed by atoms with Crippen molar-refractivity contribution in [3.63, 3.8) is 0 Å². The van der Waals surface area contributed by atoms with Crippen LogP contribution in [0, 0.1) is 0 Å². The number of hydrogen-bond acceptors (Lipinski definition) is 4. The Morgan fingerprint density at radius 3 is 2.45 bits per heavy atom. The van der Waals surface area contributed by atoms with Crippen molar-refractivity contribution in [2.45, 2.75) is 25.9 Å². The first-order valence-electron chi connectivity index (χ1n) is 9.96. The van der Waals surface area contributed by atoms with Gasteiger partial charge in [0, 0.05) is 11.7 Å². The van der Waals surface area contributed by atoms with E-state index in [1.54, 1.807) is 43.3 Å². The Hall–Kier alpha value is -3.51. The molecule has 6 nitrogen and oxygen atoms in total. The average Bonchev–Trinajstić information content (AvgIpc) is 3.11. The Labute approximate surface area is 184 Å². The Kier molecular flexibility index (Phi) is 5.82. The van der Waals surface area contributed by atoms with E-state index in [0.29, 0.717) is 21.8 Å². The first kappa shape index (κ1) is 20.8. The highest BCUT2D eigenvalue weighted by Gasteiger charge is 2.21. The summed E-state index contributed by atoms with van der Waals surface area (Å²) >= 11 is 6.44. The summed E-state index contributed by atoms with van der Waals surface area (Å²) in [6.45, 7) is 3.70. The Balaban J connectivity index is 1.49. The van der Waals surface area contributed by atoms with E-state index in [2.05, 4.69) is 17.6 Å². The number of anilines is 2. The van der Waals surface area contributed by atoms with Gasteiger partial charge in [0.25, 0.3) is 0 Å². The Morgan fingerprint density at radius 2 is 1.71 bits per heavy atom. The lowest BCUT2D eigenvalue weighted by atomic mass is 10.1. The molecule has 1 amide bonds. The second kappa shape index (κ2) is 8.70. The molecular weight excluding hydrogens is 414 g/mol. The molecule has 1 heterocycles. The van der Waals surface area contributed by atoms with Crippen molar-refractivity contribution in [3.05, 3.63) is 93.9 Å². The van der Waals surface area contributed by atoms with Gasteiger partial charge >= 0.3 is 5.76 Å². The maximum atomic E-state index is 12.8. The number of rotatable bonds is 6. The molecule has 4 aromatic rings. The summed E-state index contributed by atoms with van der Waals surface area (Å²) in [5, 5.41) is 6.68. The normalized spacial score (nSPS) is 13.0. The summed E-state index contributed by atoms with van der Waals surface area (Å²) in [5.41, 5.74) is 3.46. The fourth-order valence-corrected chi connectivity index (χ4v) is 3.72. The van der Waals surface area contributed by atoms with Gasteiger partial charge in [-0.2, -0.15) is 0 Å². The third kappa shape index (κ3) is 4.34. The summed E-state index contributed by atoms with van der Waals surface area (Å²) in [7, 11) is 0. The summed E-state index contributed by atoms with van der Waals surface area (Å²) in [6.07, 6.45) is 0. The standard InChI is InChI=1S/C24H22ClN3O3/c1-15(17-8-4-3-5-9-17)26-20-13-12-18(14-19(20)25)27-23(29)16(2)28-21-10-6-7-11-22(21)31-24(28)30/h3-16,26H,1-2H3,(H,27,29). The van der Waals surface area contributed by atoms with E-state index in [-0.39, 0.29) is 11.9 Å². The predicted octanol–water partition coefficient (Wildman–Crippen LogP) is 5.62. The summed E-state index contributed by atoms with van der Waals surface area (Å²) in [6, 6.07) is 21.6. The van der Waals surface area contributed by atoms with E-state index >= 15 is 0 Å². The molecule has 0 aliphatic rings. The van der Waals surface area contributed by atoms with Gasteiger partial charge in [0.15, 0.2) is 5.58 Å². The van der Waals surface area contributed by atoms with Crippen molar-refractivity contribution < 1.29 is 9.21 Å². The molecule has 158 valence electrons. The maximum absolute atomic E-state index is 12.8. The second-order valence-corrected chi connectivity index (χ2v) is 7.75. The first-order chi connectivity index (χ1) is 14.9. The second-order valence-electron chi connectivity index (χ2n) is 7.34. The van der Waals surface area contributed by atoms with Crippen molar-refractivity contribution in [3.8, 4) is 0 Å². The van der Waals surface area contributed by atoms with Crippen LogP contribution in [0.4, 0.5) is 11.4 Å². The van der Waals surface area contributed by atoms with Gasteiger partial charge in [-0.05, 0) is 49.7 Å². The van der Waals surface area contributed by atoms with Crippen molar-refractivity contribution in [1.29, 1.82) is 0 Å². The zero-order valence-corrected chi connectivity index (χ0v) is 17.9. The number of nitrogens with zero attached hydrogens (tertiary/aromatic N) is 1. The van der Waals surface area contributed by atoms with Crippen LogP contribution in [0.25, 0.3) is 11.1 Å². The van der Waals surface area contributed by atoms with Gasteiger partial charge in [0.05, 0.1) is 16.2 Å². The number of carbonyl (C=O) groups is 1. The molecule has 0 aliphatic heterocycles. The molecule has 1 aromatic heterocycles. The van der Waals surface area contributed by atoms with E-state index in [4.69, 9.17) is 16.0 Å². The summed E-state index contributed by atoms with van der Waals surface area (Å²) < 4.78 is 6.56. The van der Waals surface area contributed by atoms with Crippen LogP contribution in [0.2, 0.25) is 5.02 Å². The van der Waals surface area contributed by atoms with Crippen LogP contribution in [-0.4, -0.2) is 10.5 Å². The van der Waals surface area contributed by atoms with Crippen molar-refractivity contribution in [1.82, 2.24) is 4.57 Å². The molecular formula is C24H22ClN3O3. The highest BCUT2D eigenvalue weighted by atomic mass is 35.5. The number of aromatic nitrogens is 1. The van der Waals surface area contributed by atoms with Crippen LogP contribution in [0.1, 0.15) is 31.5 Å². The SMILES string of the molecule is CC(Nc1ccc(NC(=O)C(C)n2c(=O)oc3ccccc32)cc1Cl)c1ccccc1. The van der Waals surface area contributed by atoms with Crippen molar-refractivity contribution in [2.24, 2.45) is 0 Å². The fraction of sp³-hybridized carbons (Fsp3) is 0.167. The number of nitrogens with one attached hydrogen (secondary N) is 2. The van der Waals surface area contributed by atoms with Crippen molar-refractivity contribution in [2.75, 3.05) is 10.6 Å². The van der Waals surface area contributed by atoms with Crippen LogP contribution in [-0.2, 0) is 4.79 Å².